The van der Waals surface area contributed by atoms with Crippen molar-refractivity contribution >= 4 is 39.0 Å². The molecule has 0 atom stereocenters. The highest BCUT2D eigenvalue weighted by Crippen LogP contribution is 2.20. The molecule has 2 aromatic carbocycles. The summed E-state index contributed by atoms with van der Waals surface area (Å²) in [5.74, 6) is -0.554. The summed E-state index contributed by atoms with van der Waals surface area (Å²) in [4.78, 5) is 42.2. The molecule has 0 aliphatic carbocycles. The third kappa shape index (κ3) is 6.42. The molecule has 0 unspecified atom stereocenters. The normalized spacial score (nSPS) is 11.2. The molecule has 0 aliphatic rings. The van der Waals surface area contributed by atoms with Gasteiger partial charge in [-0.1, -0.05) is 49.4 Å². The molecule has 178 valence electrons. The number of aromatic amines is 1. The van der Waals surface area contributed by atoms with Crippen LogP contribution in [0.1, 0.15) is 42.6 Å². The van der Waals surface area contributed by atoms with Crippen LogP contribution in [0.5, 0.6) is 0 Å². The van der Waals surface area contributed by atoms with Crippen LogP contribution in [0.25, 0.3) is 0 Å². The van der Waals surface area contributed by atoms with Crippen molar-refractivity contribution in [1.82, 2.24) is 9.97 Å². The van der Waals surface area contributed by atoms with Gasteiger partial charge in [0, 0.05) is 11.3 Å². The van der Waals surface area contributed by atoms with Gasteiger partial charge in [0.1, 0.15) is 0 Å². The number of unbranched alkanes of at least 4 members (excludes halogenated alkanes) is 1. The Morgan fingerprint density at radius 2 is 1.85 bits per heavy atom. The molecule has 10 heteroatoms. The highest BCUT2D eigenvalue weighted by atomic mass is 32.2. The topological polar surface area (TPSA) is 126 Å². The molecule has 34 heavy (non-hydrogen) atoms. The smallest absolute Gasteiger partial charge is 0.270 e. The van der Waals surface area contributed by atoms with Gasteiger partial charge >= 0.3 is 0 Å². The summed E-state index contributed by atoms with van der Waals surface area (Å²) in [7, 11) is -4.03. The van der Waals surface area contributed by atoms with Gasteiger partial charge in [-0.15, -0.1) is 0 Å². The van der Waals surface area contributed by atoms with E-state index in [1.165, 1.54) is 19.1 Å². The molecule has 3 aromatic rings. The third-order valence-corrected chi connectivity index (χ3v) is 7.63. The lowest BCUT2D eigenvalue weighted by molar-refractivity contribution is -0.113. The van der Waals surface area contributed by atoms with E-state index in [0.29, 0.717) is 11.3 Å². The fourth-order valence-electron chi connectivity index (χ4n) is 3.12. The minimum atomic E-state index is -4.03. The Hall–Kier alpha value is -3.24. The molecule has 0 bridgehead atoms. The van der Waals surface area contributed by atoms with E-state index < -0.39 is 20.3 Å². The predicted molar refractivity (Wildman–Crippen MR) is 131 cm³/mol. The zero-order chi connectivity index (χ0) is 24.7. The minimum Gasteiger partial charge on any atom is -0.325 e. The molecule has 1 amide bonds. The third-order valence-electron chi connectivity index (χ3n) is 4.98. The lowest BCUT2D eigenvalue weighted by atomic mass is 10.1. The molecular formula is C24H25N3O5S2. The van der Waals surface area contributed by atoms with Gasteiger partial charge in [0.15, 0.2) is 15.8 Å². The average molecular weight is 500 g/mol. The number of anilines is 1. The summed E-state index contributed by atoms with van der Waals surface area (Å²) in [5, 5.41) is 2.79. The van der Waals surface area contributed by atoms with Crippen molar-refractivity contribution in [2.24, 2.45) is 0 Å². The SMILES string of the molecule is CCCCc1ccc(S(=O)(=O)c2cnc(SCC(=O)Nc3cccc(C(C)=O)c3)[nH]c2=O)cc1. The largest absolute Gasteiger partial charge is 0.325 e. The van der Waals surface area contributed by atoms with Crippen molar-refractivity contribution in [2.45, 2.75) is 48.1 Å². The second kappa shape index (κ2) is 11.3. The van der Waals surface area contributed by atoms with Crippen molar-refractivity contribution in [1.29, 1.82) is 0 Å². The zero-order valence-electron chi connectivity index (χ0n) is 18.8. The summed E-state index contributed by atoms with van der Waals surface area (Å²) in [6.45, 7) is 3.52. The fraction of sp³-hybridized carbons (Fsp3) is 0.250. The Labute approximate surface area is 202 Å². The second-order valence-corrected chi connectivity index (χ2v) is 10.5. The number of nitrogens with one attached hydrogen (secondary N) is 2. The van der Waals surface area contributed by atoms with Crippen LogP contribution in [-0.2, 0) is 21.1 Å². The van der Waals surface area contributed by atoms with E-state index in [-0.39, 0.29) is 27.5 Å². The standard InChI is InChI=1S/C24H25N3O5S2/c1-3-4-6-17-9-11-20(12-10-17)34(31,32)21-14-25-24(27-23(21)30)33-15-22(29)26-19-8-5-7-18(13-19)16(2)28/h5,7-14H,3-4,6,15H2,1-2H3,(H,26,29)(H,25,27,30). The number of carbonyl (C=O) groups is 2. The summed E-state index contributed by atoms with van der Waals surface area (Å²) in [5.41, 5.74) is 1.18. The van der Waals surface area contributed by atoms with Crippen LogP contribution in [-0.4, -0.2) is 35.8 Å². The lowest BCUT2D eigenvalue weighted by Crippen LogP contribution is -2.20. The first kappa shape index (κ1) is 25.4. The van der Waals surface area contributed by atoms with Crippen LogP contribution in [0.4, 0.5) is 5.69 Å². The molecule has 0 spiro atoms. The summed E-state index contributed by atoms with van der Waals surface area (Å²) in [6.07, 6.45) is 3.92. The Kier molecular flexibility index (Phi) is 8.41. The zero-order valence-corrected chi connectivity index (χ0v) is 20.5. The molecule has 3 rings (SSSR count). The van der Waals surface area contributed by atoms with E-state index in [1.54, 1.807) is 36.4 Å². The number of Topliss-reactive ketones (excluding diaryl/α,β-unsaturated/α-hetero) is 1. The number of hydrogen-bond acceptors (Lipinski definition) is 7. The van der Waals surface area contributed by atoms with E-state index in [1.807, 2.05) is 0 Å². The Morgan fingerprint density at radius 3 is 2.50 bits per heavy atom. The quantitative estimate of drug-likeness (QED) is 0.246. The van der Waals surface area contributed by atoms with E-state index >= 15 is 0 Å². The number of carbonyl (C=O) groups excluding carboxylic acids is 2. The van der Waals surface area contributed by atoms with Crippen molar-refractivity contribution in [3.05, 3.63) is 76.2 Å². The average Bonchev–Trinajstić information content (AvgIpc) is 2.81. The number of thioether (sulfide) groups is 1. The maximum atomic E-state index is 12.9. The first-order chi connectivity index (χ1) is 16.2. The number of aromatic nitrogens is 2. The van der Waals surface area contributed by atoms with Gasteiger partial charge in [-0.25, -0.2) is 13.4 Å². The van der Waals surface area contributed by atoms with Crippen molar-refractivity contribution in [2.75, 3.05) is 11.1 Å². The van der Waals surface area contributed by atoms with Crippen LogP contribution < -0.4 is 10.9 Å². The van der Waals surface area contributed by atoms with E-state index in [0.717, 1.165) is 42.8 Å². The van der Waals surface area contributed by atoms with Gasteiger partial charge < -0.3 is 10.3 Å². The molecule has 0 saturated carbocycles. The number of hydrogen-bond donors (Lipinski definition) is 2. The Balaban J connectivity index is 1.66. The molecule has 8 nitrogen and oxygen atoms in total. The first-order valence-electron chi connectivity index (χ1n) is 10.7. The maximum Gasteiger partial charge on any atom is 0.270 e. The van der Waals surface area contributed by atoms with Gasteiger partial charge in [0.2, 0.25) is 15.7 Å². The highest BCUT2D eigenvalue weighted by molar-refractivity contribution is 7.99. The molecule has 1 aromatic heterocycles. The molecule has 0 radical (unpaired) electrons. The van der Waals surface area contributed by atoms with Gasteiger partial charge in [0.25, 0.3) is 5.56 Å². The second-order valence-electron chi connectivity index (χ2n) is 7.61. The molecular weight excluding hydrogens is 474 g/mol. The molecule has 1 heterocycles. The van der Waals surface area contributed by atoms with Crippen LogP contribution in [0.15, 0.2) is 74.5 Å². The van der Waals surface area contributed by atoms with Crippen molar-refractivity contribution in [3.63, 3.8) is 0 Å². The molecule has 0 fully saturated rings. The monoisotopic (exact) mass is 499 g/mol. The number of sulfone groups is 1. The van der Waals surface area contributed by atoms with Gasteiger partial charge in [-0.3, -0.25) is 14.4 Å². The maximum absolute atomic E-state index is 12.9. The van der Waals surface area contributed by atoms with E-state index in [9.17, 15) is 22.8 Å². The number of aryl methyl sites for hydroxylation is 1. The number of rotatable bonds is 10. The number of amides is 1. The van der Waals surface area contributed by atoms with Crippen LogP contribution in [0.2, 0.25) is 0 Å². The van der Waals surface area contributed by atoms with Crippen LogP contribution in [0, 0.1) is 0 Å². The summed E-state index contributed by atoms with van der Waals surface area (Å²) >= 11 is 0.957. The van der Waals surface area contributed by atoms with E-state index in [4.69, 9.17) is 0 Å². The van der Waals surface area contributed by atoms with Gasteiger partial charge in [-0.2, -0.15) is 0 Å². The van der Waals surface area contributed by atoms with Crippen LogP contribution >= 0.6 is 11.8 Å². The minimum absolute atomic E-state index is 0.0209. The first-order valence-corrected chi connectivity index (χ1v) is 13.1. The molecule has 0 saturated heterocycles. The predicted octanol–water partition coefficient (Wildman–Crippen LogP) is 3.88. The molecule has 2 N–H and O–H groups in total. The summed E-state index contributed by atoms with van der Waals surface area (Å²) < 4.78 is 25.8. The van der Waals surface area contributed by atoms with Crippen molar-refractivity contribution in [3.8, 4) is 0 Å². The van der Waals surface area contributed by atoms with Gasteiger partial charge in [0.05, 0.1) is 16.8 Å². The number of nitrogens with zero attached hydrogens (tertiary/aromatic N) is 1. The van der Waals surface area contributed by atoms with Crippen molar-refractivity contribution < 1.29 is 18.0 Å². The fourth-order valence-corrected chi connectivity index (χ4v) is 4.99. The number of benzene rings is 2. The lowest BCUT2D eigenvalue weighted by Gasteiger charge is -2.07. The Morgan fingerprint density at radius 1 is 1.12 bits per heavy atom. The van der Waals surface area contributed by atoms with Gasteiger partial charge in [-0.05, 0) is 49.6 Å². The number of ketones is 1. The Bertz CT molecular complexity index is 1350. The molecule has 0 aliphatic heterocycles. The number of H-pyrrole nitrogens is 1. The summed E-state index contributed by atoms with van der Waals surface area (Å²) in [6, 6.07) is 13.0. The highest BCUT2D eigenvalue weighted by Gasteiger charge is 2.22. The van der Waals surface area contributed by atoms with E-state index in [2.05, 4.69) is 22.2 Å². The van der Waals surface area contributed by atoms with Crippen LogP contribution in [0.3, 0.4) is 0 Å².